The van der Waals surface area contributed by atoms with Gasteiger partial charge >= 0.3 is 0 Å². The third kappa shape index (κ3) is 4.30. The van der Waals surface area contributed by atoms with Gasteiger partial charge in [-0.05, 0) is 42.8 Å². The Hall–Kier alpha value is -2.65. The summed E-state index contributed by atoms with van der Waals surface area (Å²) in [6.07, 6.45) is 0. The van der Waals surface area contributed by atoms with Crippen molar-refractivity contribution in [3.8, 4) is 11.5 Å². The number of carbonyl (C=O) groups is 1. The number of methoxy groups -OCH3 is 2. The molecule has 9 heteroatoms. The molecule has 0 radical (unpaired) electrons. The van der Waals surface area contributed by atoms with E-state index in [2.05, 4.69) is 5.32 Å². The minimum Gasteiger partial charge on any atom is -0.496 e. The molecule has 2 aromatic carbocycles. The zero-order chi connectivity index (χ0) is 19.5. The van der Waals surface area contributed by atoms with Gasteiger partial charge in [-0.25, -0.2) is 17.9 Å². The second-order valence-electron chi connectivity index (χ2n) is 5.50. The molecule has 0 fully saturated rings. The summed E-state index contributed by atoms with van der Waals surface area (Å²) >= 11 is 0. The molecule has 140 valence electrons. The summed E-state index contributed by atoms with van der Waals surface area (Å²) in [5.74, 6) is -0.867. The minimum absolute atomic E-state index is 0.000131. The molecule has 0 heterocycles. The van der Waals surface area contributed by atoms with Crippen molar-refractivity contribution in [3.05, 3.63) is 53.3 Å². The number of halogens is 1. The van der Waals surface area contributed by atoms with E-state index in [1.807, 2.05) is 0 Å². The van der Waals surface area contributed by atoms with Gasteiger partial charge in [0.05, 0.1) is 30.7 Å². The molecule has 1 unspecified atom stereocenters. The van der Waals surface area contributed by atoms with Gasteiger partial charge < -0.3 is 14.8 Å². The van der Waals surface area contributed by atoms with Crippen molar-refractivity contribution in [1.29, 1.82) is 0 Å². The van der Waals surface area contributed by atoms with Crippen LogP contribution in [-0.4, -0.2) is 28.5 Å². The second-order valence-corrected chi connectivity index (χ2v) is 7.06. The van der Waals surface area contributed by atoms with Crippen LogP contribution < -0.4 is 19.9 Å². The predicted molar refractivity (Wildman–Crippen MR) is 93.2 cm³/mol. The van der Waals surface area contributed by atoms with E-state index in [0.29, 0.717) is 5.56 Å². The zero-order valence-corrected chi connectivity index (χ0v) is 15.3. The van der Waals surface area contributed by atoms with Gasteiger partial charge in [0, 0.05) is 0 Å². The molecule has 7 nitrogen and oxygen atoms in total. The highest BCUT2D eigenvalue weighted by atomic mass is 32.2. The molecule has 2 rings (SSSR count). The number of carbonyl (C=O) groups excluding carboxylic acids is 1. The lowest BCUT2D eigenvalue weighted by Gasteiger charge is -2.17. The summed E-state index contributed by atoms with van der Waals surface area (Å²) in [5.41, 5.74) is 0.512. The van der Waals surface area contributed by atoms with Gasteiger partial charge in [0.25, 0.3) is 5.91 Å². The van der Waals surface area contributed by atoms with Crippen molar-refractivity contribution in [2.24, 2.45) is 5.14 Å². The van der Waals surface area contributed by atoms with Gasteiger partial charge in [0.15, 0.2) is 11.6 Å². The molecule has 3 N–H and O–H groups in total. The van der Waals surface area contributed by atoms with Gasteiger partial charge in [-0.15, -0.1) is 0 Å². The lowest BCUT2D eigenvalue weighted by atomic mass is 10.1. The SMILES string of the molecule is COc1ccc(C(C)NC(=O)c2cc(S(N)(=O)=O)ccc2OC)cc1F. The molecule has 0 aliphatic rings. The van der Waals surface area contributed by atoms with Crippen molar-refractivity contribution >= 4 is 15.9 Å². The van der Waals surface area contributed by atoms with Crippen LogP contribution in [0.3, 0.4) is 0 Å². The average Bonchev–Trinajstić information content (AvgIpc) is 2.60. The quantitative estimate of drug-likeness (QED) is 0.794. The largest absolute Gasteiger partial charge is 0.496 e. The molecule has 2 aromatic rings. The van der Waals surface area contributed by atoms with Crippen LogP contribution >= 0.6 is 0 Å². The summed E-state index contributed by atoms with van der Waals surface area (Å²) < 4.78 is 46.8. The molecule has 0 saturated carbocycles. The van der Waals surface area contributed by atoms with Crippen LogP contribution in [-0.2, 0) is 10.0 Å². The topological polar surface area (TPSA) is 108 Å². The summed E-state index contributed by atoms with van der Waals surface area (Å²) in [5, 5.41) is 7.77. The number of hydrogen-bond acceptors (Lipinski definition) is 5. The maximum absolute atomic E-state index is 13.8. The Morgan fingerprint density at radius 2 is 1.73 bits per heavy atom. The molecule has 0 spiro atoms. The molecule has 0 aliphatic carbocycles. The van der Waals surface area contributed by atoms with Crippen LogP contribution in [0.25, 0.3) is 0 Å². The van der Waals surface area contributed by atoms with Crippen molar-refractivity contribution in [2.75, 3.05) is 14.2 Å². The van der Waals surface area contributed by atoms with Gasteiger partial charge in [0.1, 0.15) is 5.75 Å². The van der Waals surface area contributed by atoms with Crippen LogP contribution in [0.1, 0.15) is 28.9 Å². The Bertz CT molecular complexity index is 931. The van der Waals surface area contributed by atoms with E-state index in [1.54, 1.807) is 13.0 Å². The number of ether oxygens (including phenoxy) is 2. The first-order chi connectivity index (χ1) is 12.2. The van der Waals surface area contributed by atoms with Gasteiger partial charge in [-0.3, -0.25) is 4.79 Å². The molecular weight excluding hydrogens is 363 g/mol. The number of nitrogens with two attached hydrogens (primary N) is 1. The van der Waals surface area contributed by atoms with E-state index in [4.69, 9.17) is 14.6 Å². The summed E-state index contributed by atoms with van der Waals surface area (Å²) in [6.45, 7) is 1.66. The molecule has 1 amide bonds. The summed E-state index contributed by atoms with van der Waals surface area (Å²) in [4.78, 5) is 12.3. The molecule has 1 atom stereocenters. The van der Waals surface area contributed by atoms with Crippen molar-refractivity contribution in [2.45, 2.75) is 17.9 Å². The second kappa shape index (κ2) is 7.71. The van der Waals surface area contributed by atoms with Crippen LogP contribution in [0.2, 0.25) is 0 Å². The Morgan fingerprint density at radius 3 is 2.27 bits per heavy atom. The van der Waals surface area contributed by atoms with Crippen LogP contribution in [0.5, 0.6) is 11.5 Å². The molecule has 0 aromatic heterocycles. The lowest BCUT2D eigenvalue weighted by Crippen LogP contribution is -2.27. The lowest BCUT2D eigenvalue weighted by molar-refractivity contribution is 0.0936. The third-order valence-electron chi connectivity index (χ3n) is 3.77. The van der Waals surface area contributed by atoms with E-state index < -0.39 is 27.8 Å². The number of amides is 1. The Balaban J connectivity index is 2.30. The maximum Gasteiger partial charge on any atom is 0.255 e. The number of nitrogens with one attached hydrogen (secondary N) is 1. The zero-order valence-electron chi connectivity index (χ0n) is 14.4. The van der Waals surface area contributed by atoms with E-state index in [9.17, 15) is 17.6 Å². The van der Waals surface area contributed by atoms with E-state index >= 15 is 0 Å². The van der Waals surface area contributed by atoms with Gasteiger partial charge in [0.2, 0.25) is 10.0 Å². The predicted octanol–water partition coefficient (Wildman–Crippen LogP) is 1.98. The Labute approximate surface area is 151 Å². The third-order valence-corrected chi connectivity index (χ3v) is 4.68. The average molecular weight is 382 g/mol. The first-order valence-electron chi connectivity index (χ1n) is 7.52. The van der Waals surface area contributed by atoms with Gasteiger partial charge in [-0.1, -0.05) is 6.07 Å². The maximum atomic E-state index is 13.8. The fourth-order valence-electron chi connectivity index (χ4n) is 2.35. The molecule has 0 saturated heterocycles. The van der Waals surface area contributed by atoms with Crippen LogP contribution in [0, 0.1) is 5.82 Å². The van der Waals surface area contributed by atoms with Crippen molar-refractivity contribution in [1.82, 2.24) is 5.32 Å². The molecular formula is C17H19FN2O5S. The standard InChI is InChI=1S/C17H19FN2O5S/c1-10(11-4-6-16(25-3)14(18)8-11)20-17(21)13-9-12(26(19,22)23)5-7-15(13)24-2/h4-10H,1-3H3,(H,20,21)(H2,19,22,23). The van der Waals surface area contributed by atoms with E-state index in [1.165, 1.54) is 38.5 Å². The number of sulfonamides is 1. The smallest absolute Gasteiger partial charge is 0.255 e. The highest BCUT2D eigenvalue weighted by Gasteiger charge is 2.19. The van der Waals surface area contributed by atoms with Crippen LogP contribution in [0.15, 0.2) is 41.3 Å². The normalized spacial score (nSPS) is 12.3. The summed E-state index contributed by atoms with van der Waals surface area (Å²) in [6, 6.07) is 7.48. The molecule has 0 aliphatic heterocycles. The fourth-order valence-corrected chi connectivity index (χ4v) is 2.89. The first kappa shape index (κ1) is 19.7. The number of rotatable bonds is 6. The Kier molecular flexibility index (Phi) is 5.83. The fraction of sp³-hybridized carbons (Fsp3) is 0.235. The minimum atomic E-state index is -3.98. The molecule has 0 bridgehead atoms. The van der Waals surface area contributed by atoms with Crippen molar-refractivity contribution in [3.63, 3.8) is 0 Å². The monoisotopic (exact) mass is 382 g/mol. The van der Waals surface area contributed by atoms with Gasteiger partial charge in [-0.2, -0.15) is 0 Å². The van der Waals surface area contributed by atoms with Crippen molar-refractivity contribution < 1.29 is 27.1 Å². The number of benzene rings is 2. The highest BCUT2D eigenvalue weighted by Crippen LogP contribution is 2.25. The highest BCUT2D eigenvalue weighted by molar-refractivity contribution is 7.89. The van der Waals surface area contributed by atoms with Crippen LogP contribution in [0.4, 0.5) is 4.39 Å². The number of primary sulfonamides is 1. The number of hydrogen-bond donors (Lipinski definition) is 2. The first-order valence-corrected chi connectivity index (χ1v) is 9.07. The Morgan fingerprint density at radius 1 is 1.12 bits per heavy atom. The summed E-state index contributed by atoms with van der Waals surface area (Å²) in [7, 11) is -1.27. The molecule has 26 heavy (non-hydrogen) atoms. The van der Waals surface area contributed by atoms with E-state index in [-0.39, 0.29) is 22.0 Å². The van der Waals surface area contributed by atoms with E-state index in [0.717, 1.165) is 6.07 Å².